The molecule has 2 aromatic rings. The second-order valence-electron chi connectivity index (χ2n) is 5.71. The fourth-order valence-electron chi connectivity index (χ4n) is 2.83. The fraction of sp³-hybridized carbons (Fsp3) is 0.375. The number of ether oxygens (including phenoxy) is 1. The number of benzene rings is 1. The van der Waals surface area contributed by atoms with Crippen molar-refractivity contribution in [2.45, 2.75) is 24.8 Å². The van der Waals surface area contributed by atoms with Crippen LogP contribution >= 0.6 is 15.9 Å². The van der Waals surface area contributed by atoms with Crippen molar-refractivity contribution in [1.82, 2.24) is 5.32 Å². The number of carboxylic acid groups (broad SMARTS) is 1. The summed E-state index contributed by atoms with van der Waals surface area (Å²) in [4.78, 5) is 23.7. The summed E-state index contributed by atoms with van der Waals surface area (Å²) in [6.45, 7) is 0.862. The number of hydrogen-bond acceptors (Lipinski definition) is 4. The maximum absolute atomic E-state index is 12.5. The van der Waals surface area contributed by atoms with Gasteiger partial charge in [0.15, 0.2) is 5.76 Å². The first kappa shape index (κ1) is 16.0. The van der Waals surface area contributed by atoms with Gasteiger partial charge in [0.05, 0.1) is 12.0 Å². The number of rotatable bonds is 4. The number of amides is 1. The molecule has 23 heavy (non-hydrogen) atoms. The summed E-state index contributed by atoms with van der Waals surface area (Å²) in [6.07, 6.45) is 0.807. The van der Waals surface area contributed by atoms with Gasteiger partial charge in [-0.2, -0.15) is 0 Å². The van der Waals surface area contributed by atoms with Crippen LogP contribution in [0.5, 0.6) is 0 Å². The molecule has 0 aliphatic carbocycles. The van der Waals surface area contributed by atoms with E-state index in [2.05, 4.69) is 21.2 Å². The first-order valence-corrected chi connectivity index (χ1v) is 8.08. The van der Waals surface area contributed by atoms with Gasteiger partial charge in [-0.25, -0.2) is 0 Å². The quantitative estimate of drug-likeness (QED) is 0.849. The van der Waals surface area contributed by atoms with E-state index in [1.807, 2.05) is 12.1 Å². The molecular formula is C16H16BrNO5. The first-order chi connectivity index (χ1) is 11.0. The van der Waals surface area contributed by atoms with Crippen molar-refractivity contribution in [2.24, 2.45) is 0 Å². The molecule has 7 heteroatoms. The molecule has 1 saturated heterocycles. The number of furan rings is 1. The Hall–Kier alpha value is -1.86. The molecule has 2 heterocycles. The smallest absolute Gasteiger partial charge is 0.305 e. The van der Waals surface area contributed by atoms with Crippen molar-refractivity contribution in [3.05, 3.63) is 34.5 Å². The Balaban J connectivity index is 1.83. The molecule has 1 fully saturated rings. The summed E-state index contributed by atoms with van der Waals surface area (Å²) in [5.41, 5.74) is -0.182. The second-order valence-corrected chi connectivity index (χ2v) is 6.63. The topological polar surface area (TPSA) is 88.8 Å². The largest absolute Gasteiger partial charge is 0.481 e. The van der Waals surface area contributed by atoms with Crippen LogP contribution in [0, 0.1) is 0 Å². The summed E-state index contributed by atoms with van der Waals surface area (Å²) in [7, 11) is 0. The molecule has 1 aliphatic heterocycles. The Bertz CT molecular complexity index is 748. The first-order valence-electron chi connectivity index (χ1n) is 7.29. The van der Waals surface area contributed by atoms with Gasteiger partial charge in [0, 0.05) is 23.1 Å². The molecule has 1 amide bonds. The molecule has 0 saturated carbocycles. The number of carbonyl (C=O) groups excluding carboxylic acids is 1. The van der Waals surface area contributed by atoms with Crippen LogP contribution in [0.4, 0.5) is 0 Å². The van der Waals surface area contributed by atoms with Gasteiger partial charge in [0.2, 0.25) is 0 Å². The van der Waals surface area contributed by atoms with Gasteiger partial charge >= 0.3 is 5.97 Å². The Morgan fingerprint density at radius 3 is 2.70 bits per heavy atom. The molecule has 0 unspecified atom stereocenters. The second kappa shape index (κ2) is 6.33. The van der Waals surface area contributed by atoms with Crippen LogP contribution in [-0.4, -0.2) is 35.7 Å². The van der Waals surface area contributed by atoms with Crippen molar-refractivity contribution < 1.29 is 23.8 Å². The number of fused-ring (bicyclic) bond motifs is 1. The highest BCUT2D eigenvalue weighted by atomic mass is 79.9. The molecule has 2 N–H and O–H groups in total. The van der Waals surface area contributed by atoms with Gasteiger partial charge < -0.3 is 19.6 Å². The Kier molecular flexibility index (Phi) is 4.41. The molecule has 3 rings (SSSR count). The van der Waals surface area contributed by atoms with Crippen molar-refractivity contribution in [3.8, 4) is 0 Å². The molecule has 1 aromatic heterocycles. The summed E-state index contributed by atoms with van der Waals surface area (Å²) < 4.78 is 11.7. The van der Waals surface area contributed by atoms with Crippen LogP contribution in [0.15, 0.2) is 33.2 Å². The van der Waals surface area contributed by atoms with Gasteiger partial charge in [-0.1, -0.05) is 15.9 Å². The molecular weight excluding hydrogens is 366 g/mol. The summed E-state index contributed by atoms with van der Waals surface area (Å²) in [6, 6.07) is 7.12. The molecule has 6 nitrogen and oxygen atoms in total. The Labute approximate surface area is 140 Å². The van der Waals surface area contributed by atoms with Gasteiger partial charge in [-0.05, 0) is 37.1 Å². The zero-order valence-corrected chi connectivity index (χ0v) is 13.9. The lowest BCUT2D eigenvalue weighted by molar-refractivity contribution is -0.139. The van der Waals surface area contributed by atoms with E-state index in [-0.39, 0.29) is 12.2 Å². The molecule has 0 spiro atoms. The highest BCUT2D eigenvalue weighted by Gasteiger charge is 2.37. The number of halogens is 1. The minimum atomic E-state index is -0.944. The molecule has 1 aromatic carbocycles. The van der Waals surface area contributed by atoms with Crippen LogP contribution in [-0.2, 0) is 9.53 Å². The Morgan fingerprint density at radius 2 is 2.00 bits per heavy atom. The van der Waals surface area contributed by atoms with Crippen molar-refractivity contribution in [3.63, 3.8) is 0 Å². The van der Waals surface area contributed by atoms with Gasteiger partial charge in [0.25, 0.3) is 5.91 Å². The minimum Gasteiger partial charge on any atom is -0.481 e. The summed E-state index contributed by atoms with van der Waals surface area (Å²) >= 11 is 3.37. The highest BCUT2D eigenvalue weighted by molar-refractivity contribution is 9.10. The predicted octanol–water partition coefficient (Wildman–Crippen LogP) is 2.95. The third-order valence-corrected chi connectivity index (χ3v) is 4.51. The lowest BCUT2D eigenvalue weighted by Crippen LogP contribution is -2.53. The average molecular weight is 382 g/mol. The lowest BCUT2D eigenvalue weighted by atomic mass is 9.86. The van der Waals surface area contributed by atoms with Crippen molar-refractivity contribution in [2.75, 3.05) is 13.2 Å². The number of nitrogens with one attached hydrogen (secondary N) is 1. The maximum Gasteiger partial charge on any atom is 0.305 e. The minimum absolute atomic E-state index is 0.131. The summed E-state index contributed by atoms with van der Waals surface area (Å²) in [5, 5.41) is 12.8. The van der Waals surface area contributed by atoms with Gasteiger partial charge in [-0.15, -0.1) is 0 Å². The molecule has 1 aliphatic rings. The summed E-state index contributed by atoms with van der Waals surface area (Å²) in [5.74, 6) is -1.17. The van der Waals surface area contributed by atoms with Crippen molar-refractivity contribution in [1.29, 1.82) is 0 Å². The van der Waals surface area contributed by atoms with Gasteiger partial charge in [0.1, 0.15) is 5.58 Å². The van der Waals surface area contributed by atoms with Crippen LogP contribution in [0.2, 0.25) is 0 Å². The number of hydrogen-bond donors (Lipinski definition) is 2. The predicted molar refractivity (Wildman–Crippen MR) is 86.4 cm³/mol. The zero-order valence-electron chi connectivity index (χ0n) is 12.3. The molecule has 0 bridgehead atoms. The van der Waals surface area contributed by atoms with E-state index >= 15 is 0 Å². The zero-order chi connectivity index (χ0) is 16.4. The van der Waals surface area contributed by atoms with E-state index in [9.17, 15) is 9.59 Å². The Morgan fingerprint density at radius 1 is 1.26 bits per heavy atom. The molecule has 122 valence electrons. The standard InChI is InChI=1S/C16H16BrNO5/c17-11-1-2-12-10(7-11)8-13(23-12)15(21)18-16(9-14(19)20)3-5-22-6-4-16/h1-2,7-8H,3-6,9H2,(H,18,21)(H,19,20). The van der Waals surface area contributed by atoms with E-state index in [1.165, 1.54) is 0 Å². The van der Waals surface area contributed by atoms with Crippen LogP contribution in [0.3, 0.4) is 0 Å². The van der Waals surface area contributed by atoms with Crippen LogP contribution in [0.25, 0.3) is 11.0 Å². The van der Waals surface area contributed by atoms with E-state index in [0.717, 1.165) is 9.86 Å². The van der Waals surface area contributed by atoms with Crippen LogP contribution < -0.4 is 5.32 Å². The van der Waals surface area contributed by atoms with E-state index < -0.39 is 17.4 Å². The normalized spacial score (nSPS) is 17.1. The van der Waals surface area contributed by atoms with E-state index in [1.54, 1.807) is 12.1 Å². The fourth-order valence-corrected chi connectivity index (χ4v) is 3.20. The number of carboxylic acids is 1. The van der Waals surface area contributed by atoms with E-state index in [0.29, 0.717) is 31.6 Å². The number of aliphatic carboxylic acids is 1. The molecule has 0 atom stereocenters. The third kappa shape index (κ3) is 3.56. The SMILES string of the molecule is O=C(O)CC1(NC(=O)c2cc3cc(Br)ccc3o2)CCOCC1. The maximum atomic E-state index is 12.5. The molecule has 0 radical (unpaired) electrons. The lowest BCUT2D eigenvalue weighted by Gasteiger charge is -2.36. The van der Waals surface area contributed by atoms with Gasteiger partial charge in [-0.3, -0.25) is 9.59 Å². The number of carbonyl (C=O) groups is 2. The highest BCUT2D eigenvalue weighted by Crippen LogP contribution is 2.27. The average Bonchev–Trinajstić information content (AvgIpc) is 2.90. The van der Waals surface area contributed by atoms with Crippen LogP contribution in [0.1, 0.15) is 29.8 Å². The third-order valence-electron chi connectivity index (χ3n) is 4.02. The van der Waals surface area contributed by atoms with E-state index in [4.69, 9.17) is 14.3 Å². The van der Waals surface area contributed by atoms with Crippen molar-refractivity contribution >= 4 is 38.8 Å². The monoisotopic (exact) mass is 381 g/mol.